The quantitative estimate of drug-likeness (QED) is 0.637. The summed E-state index contributed by atoms with van der Waals surface area (Å²) in [5, 5.41) is 6.65. The van der Waals surface area contributed by atoms with Crippen LogP contribution in [0.15, 0.2) is 41.7 Å². The van der Waals surface area contributed by atoms with Gasteiger partial charge in [0.1, 0.15) is 5.82 Å². The molecule has 0 aliphatic carbocycles. The number of imidazole rings is 1. The molecule has 2 rings (SSSR count). The lowest BCUT2D eigenvalue weighted by molar-refractivity contribution is 0.503. The average Bonchev–Trinajstić information content (AvgIpc) is 2.95. The SMILES string of the molecule is CN=C(NCc1ccc(C)cc1)NCc1nccn1CC(C)C. The first kappa shape index (κ1) is 17.1. The second-order valence-corrected chi connectivity index (χ2v) is 6.15. The third-order valence-electron chi connectivity index (χ3n) is 3.58. The van der Waals surface area contributed by atoms with Crippen molar-refractivity contribution in [3.05, 3.63) is 53.6 Å². The number of benzene rings is 1. The number of guanidine groups is 1. The van der Waals surface area contributed by atoms with E-state index in [0.29, 0.717) is 12.5 Å². The first-order valence-corrected chi connectivity index (χ1v) is 8.08. The summed E-state index contributed by atoms with van der Waals surface area (Å²) in [5.41, 5.74) is 2.51. The summed E-state index contributed by atoms with van der Waals surface area (Å²) in [7, 11) is 1.78. The van der Waals surface area contributed by atoms with Crippen LogP contribution in [0.2, 0.25) is 0 Å². The highest BCUT2D eigenvalue weighted by Crippen LogP contribution is 2.04. The van der Waals surface area contributed by atoms with Gasteiger partial charge in [-0.2, -0.15) is 0 Å². The molecule has 0 unspecified atom stereocenters. The highest BCUT2D eigenvalue weighted by molar-refractivity contribution is 5.79. The zero-order valence-electron chi connectivity index (χ0n) is 14.5. The van der Waals surface area contributed by atoms with Gasteiger partial charge in [0, 0.05) is 32.5 Å². The normalized spacial score (nSPS) is 11.8. The Labute approximate surface area is 138 Å². The fourth-order valence-corrected chi connectivity index (χ4v) is 2.34. The molecular formula is C18H27N5. The van der Waals surface area contributed by atoms with Gasteiger partial charge in [0.15, 0.2) is 5.96 Å². The lowest BCUT2D eigenvalue weighted by Crippen LogP contribution is -2.37. The van der Waals surface area contributed by atoms with Gasteiger partial charge < -0.3 is 15.2 Å². The van der Waals surface area contributed by atoms with Gasteiger partial charge in [-0.25, -0.2) is 4.98 Å². The highest BCUT2D eigenvalue weighted by atomic mass is 15.2. The van der Waals surface area contributed by atoms with Gasteiger partial charge in [0.25, 0.3) is 0 Å². The van der Waals surface area contributed by atoms with Crippen molar-refractivity contribution in [2.75, 3.05) is 7.05 Å². The maximum atomic E-state index is 4.42. The molecular weight excluding hydrogens is 286 g/mol. The summed E-state index contributed by atoms with van der Waals surface area (Å²) in [6.45, 7) is 8.90. The van der Waals surface area contributed by atoms with Crippen LogP contribution in [0.4, 0.5) is 0 Å². The Hall–Kier alpha value is -2.30. The van der Waals surface area contributed by atoms with Gasteiger partial charge in [-0.3, -0.25) is 4.99 Å². The van der Waals surface area contributed by atoms with Crippen molar-refractivity contribution in [1.82, 2.24) is 20.2 Å². The Morgan fingerprint density at radius 3 is 2.52 bits per heavy atom. The molecule has 0 spiro atoms. The third kappa shape index (κ3) is 5.43. The Morgan fingerprint density at radius 1 is 1.17 bits per heavy atom. The molecule has 124 valence electrons. The number of nitrogens with zero attached hydrogens (tertiary/aromatic N) is 3. The van der Waals surface area contributed by atoms with Crippen LogP contribution in [0.1, 0.15) is 30.8 Å². The number of nitrogens with one attached hydrogen (secondary N) is 2. The van der Waals surface area contributed by atoms with Crippen LogP contribution in [0.3, 0.4) is 0 Å². The standard InChI is InChI=1S/C18H27N5/c1-14(2)13-23-10-9-20-17(23)12-22-18(19-4)21-11-16-7-5-15(3)6-8-16/h5-10,14H,11-13H2,1-4H3,(H2,19,21,22). The maximum absolute atomic E-state index is 4.42. The molecule has 2 N–H and O–H groups in total. The first-order chi connectivity index (χ1) is 11.1. The van der Waals surface area contributed by atoms with E-state index in [-0.39, 0.29) is 0 Å². The van der Waals surface area contributed by atoms with Crippen LogP contribution >= 0.6 is 0 Å². The molecule has 5 nitrogen and oxygen atoms in total. The molecule has 0 aliphatic rings. The summed E-state index contributed by atoms with van der Waals surface area (Å²) in [6, 6.07) is 8.50. The number of aromatic nitrogens is 2. The van der Waals surface area contributed by atoms with Gasteiger partial charge in [-0.15, -0.1) is 0 Å². The summed E-state index contributed by atoms with van der Waals surface area (Å²) in [6.07, 6.45) is 3.88. The molecule has 23 heavy (non-hydrogen) atoms. The smallest absolute Gasteiger partial charge is 0.191 e. The molecule has 0 atom stereocenters. The Bertz CT molecular complexity index is 625. The van der Waals surface area contributed by atoms with Crippen molar-refractivity contribution in [3.8, 4) is 0 Å². The van der Waals surface area contributed by atoms with E-state index in [9.17, 15) is 0 Å². The molecule has 0 aliphatic heterocycles. The number of hydrogen-bond acceptors (Lipinski definition) is 2. The third-order valence-corrected chi connectivity index (χ3v) is 3.58. The summed E-state index contributed by atoms with van der Waals surface area (Å²) >= 11 is 0. The molecule has 0 radical (unpaired) electrons. The molecule has 0 saturated carbocycles. The van der Waals surface area contributed by atoms with Crippen molar-refractivity contribution in [2.45, 2.75) is 40.4 Å². The second-order valence-electron chi connectivity index (χ2n) is 6.15. The zero-order chi connectivity index (χ0) is 16.7. The predicted molar refractivity (Wildman–Crippen MR) is 95.3 cm³/mol. The monoisotopic (exact) mass is 313 g/mol. The Morgan fingerprint density at radius 2 is 1.87 bits per heavy atom. The summed E-state index contributed by atoms with van der Waals surface area (Å²) in [4.78, 5) is 8.69. The fourth-order valence-electron chi connectivity index (χ4n) is 2.34. The molecule has 1 heterocycles. The van der Waals surface area contributed by atoms with Crippen LogP contribution in [0.25, 0.3) is 0 Å². The van der Waals surface area contributed by atoms with E-state index >= 15 is 0 Å². The number of rotatable bonds is 6. The first-order valence-electron chi connectivity index (χ1n) is 8.08. The number of aliphatic imine (C=N–C) groups is 1. The molecule has 0 saturated heterocycles. The number of aryl methyl sites for hydroxylation is 1. The zero-order valence-corrected chi connectivity index (χ0v) is 14.5. The lowest BCUT2D eigenvalue weighted by atomic mass is 10.1. The molecule has 1 aromatic carbocycles. The van der Waals surface area contributed by atoms with E-state index in [1.165, 1.54) is 11.1 Å². The van der Waals surface area contributed by atoms with E-state index in [1.807, 2.05) is 12.4 Å². The second kappa shape index (κ2) is 8.36. The minimum atomic E-state index is 0.599. The van der Waals surface area contributed by atoms with Crippen LogP contribution in [0.5, 0.6) is 0 Å². The Kier molecular flexibility index (Phi) is 6.20. The average molecular weight is 313 g/mol. The fraction of sp³-hybridized carbons (Fsp3) is 0.444. The molecule has 5 heteroatoms. The van der Waals surface area contributed by atoms with Crippen molar-refractivity contribution in [2.24, 2.45) is 10.9 Å². The van der Waals surface area contributed by atoms with Crippen LogP contribution in [-0.4, -0.2) is 22.6 Å². The van der Waals surface area contributed by atoms with E-state index in [0.717, 1.165) is 24.9 Å². The van der Waals surface area contributed by atoms with Gasteiger partial charge in [-0.05, 0) is 18.4 Å². The molecule has 0 bridgehead atoms. The molecule has 1 aromatic heterocycles. The minimum Gasteiger partial charge on any atom is -0.352 e. The summed E-state index contributed by atoms with van der Waals surface area (Å²) < 4.78 is 2.19. The van der Waals surface area contributed by atoms with E-state index in [4.69, 9.17) is 0 Å². The molecule has 0 amide bonds. The van der Waals surface area contributed by atoms with Crippen LogP contribution in [-0.2, 0) is 19.6 Å². The van der Waals surface area contributed by atoms with Crippen LogP contribution < -0.4 is 10.6 Å². The summed E-state index contributed by atoms with van der Waals surface area (Å²) in [5.74, 6) is 2.41. The highest BCUT2D eigenvalue weighted by Gasteiger charge is 2.06. The maximum Gasteiger partial charge on any atom is 0.191 e. The topological polar surface area (TPSA) is 54.2 Å². The van der Waals surface area contributed by atoms with E-state index in [2.05, 4.69) is 70.2 Å². The van der Waals surface area contributed by atoms with Gasteiger partial charge in [0.05, 0.1) is 6.54 Å². The molecule has 0 fully saturated rings. The van der Waals surface area contributed by atoms with Crippen molar-refractivity contribution in [3.63, 3.8) is 0 Å². The van der Waals surface area contributed by atoms with Gasteiger partial charge in [0.2, 0.25) is 0 Å². The number of hydrogen-bond donors (Lipinski definition) is 2. The van der Waals surface area contributed by atoms with Crippen molar-refractivity contribution >= 4 is 5.96 Å². The van der Waals surface area contributed by atoms with E-state index in [1.54, 1.807) is 7.05 Å². The molecule has 2 aromatic rings. The minimum absolute atomic E-state index is 0.599. The predicted octanol–water partition coefficient (Wildman–Crippen LogP) is 2.71. The van der Waals surface area contributed by atoms with Crippen molar-refractivity contribution in [1.29, 1.82) is 0 Å². The lowest BCUT2D eigenvalue weighted by Gasteiger charge is -2.14. The van der Waals surface area contributed by atoms with Gasteiger partial charge in [-0.1, -0.05) is 43.7 Å². The van der Waals surface area contributed by atoms with Crippen molar-refractivity contribution < 1.29 is 0 Å². The van der Waals surface area contributed by atoms with Gasteiger partial charge >= 0.3 is 0 Å². The Balaban J connectivity index is 1.86. The largest absolute Gasteiger partial charge is 0.352 e. The van der Waals surface area contributed by atoms with Crippen LogP contribution in [0, 0.1) is 12.8 Å². The van der Waals surface area contributed by atoms with E-state index < -0.39 is 0 Å².